The van der Waals surface area contributed by atoms with E-state index < -0.39 is 24.0 Å². The van der Waals surface area contributed by atoms with Crippen LogP contribution in [0.2, 0.25) is 0 Å². The van der Waals surface area contributed by atoms with Crippen LogP contribution in [0.3, 0.4) is 0 Å². The van der Waals surface area contributed by atoms with E-state index in [1.54, 1.807) is 6.92 Å². The summed E-state index contributed by atoms with van der Waals surface area (Å²) in [5.41, 5.74) is 0. The number of carboxylic acids is 1. The van der Waals surface area contributed by atoms with Gasteiger partial charge in [0.25, 0.3) is 0 Å². The molecule has 0 aliphatic rings. The predicted molar refractivity (Wildman–Crippen MR) is 44.1 cm³/mol. The summed E-state index contributed by atoms with van der Waals surface area (Å²) in [7, 11) is 1.25. The highest BCUT2D eigenvalue weighted by molar-refractivity contribution is 5.70. The number of aliphatic carboxylic acids is 1. The van der Waals surface area contributed by atoms with Crippen LogP contribution < -0.4 is 0 Å². The van der Waals surface area contributed by atoms with Crippen molar-refractivity contribution in [3.05, 3.63) is 0 Å². The molecule has 0 spiro atoms. The van der Waals surface area contributed by atoms with E-state index in [2.05, 4.69) is 4.74 Å². The van der Waals surface area contributed by atoms with Gasteiger partial charge in [0.1, 0.15) is 0 Å². The number of rotatable bonds is 5. The molecule has 2 atom stereocenters. The van der Waals surface area contributed by atoms with Gasteiger partial charge in [-0.2, -0.15) is 0 Å². The fraction of sp³-hybridized carbons (Fsp3) is 0.750. The average molecular weight is 190 g/mol. The number of hydrogen-bond donors (Lipinski definition) is 2. The standard InChI is InChI=1S/C8H14O5/c1-5(3-8(12)13-2)6(9)4-7(10)11/h5-6,9H,3-4H2,1-2H3,(H,10,11)/t5-,6-/m0/s1. The average Bonchev–Trinajstić information content (AvgIpc) is 2.02. The lowest BCUT2D eigenvalue weighted by Crippen LogP contribution is -2.24. The third-order valence-electron chi connectivity index (χ3n) is 1.76. The van der Waals surface area contributed by atoms with Crippen molar-refractivity contribution in [1.29, 1.82) is 0 Å². The molecule has 0 unspecified atom stereocenters. The topological polar surface area (TPSA) is 83.8 Å². The van der Waals surface area contributed by atoms with Crippen LogP contribution in [0.25, 0.3) is 0 Å². The molecule has 0 aliphatic carbocycles. The van der Waals surface area contributed by atoms with Crippen LogP contribution in [0.4, 0.5) is 0 Å². The second kappa shape index (κ2) is 5.53. The highest BCUT2D eigenvalue weighted by Crippen LogP contribution is 2.11. The van der Waals surface area contributed by atoms with Gasteiger partial charge >= 0.3 is 11.9 Å². The lowest BCUT2D eigenvalue weighted by Gasteiger charge is -2.15. The molecular weight excluding hydrogens is 176 g/mol. The fourth-order valence-electron chi connectivity index (χ4n) is 0.862. The van der Waals surface area contributed by atoms with Crippen molar-refractivity contribution in [2.24, 2.45) is 5.92 Å². The summed E-state index contributed by atoms with van der Waals surface area (Å²) in [4.78, 5) is 20.9. The molecule has 2 N–H and O–H groups in total. The highest BCUT2D eigenvalue weighted by Gasteiger charge is 2.20. The maximum absolute atomic E-state index is 10.7. The molecule has 0 aromatic heterocycles. The van der Waals surface area contributed by atoms with Crippen molar-refractivity contribution in [3.63, 3.8) is 0 Å². The summed E-state index contributed by atoms with van der Waals surface area (Å²) < 4.78 is 4.38. The number of aliphatic hydroxyl groups excluding tert-OH is 1. The molecule has 0 saturated carbocycles. The number of carboxylic acid groups (broad SMARTS) is 1. The van der Waals surface area contributed by atoms with Gasteiger partial charge in [-0.05, 0) is 5.92 Å². The number of hydrogen-bond acceptors (Lipinski definition) is 4. The summed E-state index contributed by atoms with van der Waals surface area (Å²) in [6.45, 7) is 1.60. The zero-order valence-electron chi connectivity index (χ0n) is 7.69. The van der Waals surface area contributed by atoms with E-state index in [0.717, 1.165) is 0 Å². The first-order valence-electron chi connectivity index (χ1n) is 3.94. The molecule has 0 rings (SSSR count). The molecule has 13 heavy (non-hydrogen) atoms. The molecular formula is C8H14O5. The molecule has 0 aromatic carbocycles. The molecule has 0 amide bonds. The van der Waals surface area contributed by atoms with Crippen molar-refractivity contribution in [1.82, 2.24) is 0 Å². The molecule has 76 valence electrons. The number of carbonyl (C=O) groups is 2. The van der Waals surface area contributed by atoms with Crippen LogP contribution in [0.15, 0.2) is 0 Å². The van der Waals surface area contributed by atoms with Gasteiger partial charge in [0.05, 0.1) is 26.1 Å². The van der Waals surface area contributed by atoms with Gasteiger partial charge in [-0.1, -0.05) is 6.92 Å². The van der Waals surface area contributed by atoms with Crippen molar-refractivity contribution in [3.8, 4) is 0 Å². The fourth-order valence-corrected chi connectivity index (χ4v) is 0.862. The number of esters is 1. The van der Waals surface area contributed by atoms with Crippen LogP contribution >= 0.6 is 0 Å². The van der Waals surface area contributed by atoms with E-state index in [9.17, 15) is 14.7 Å². The summed E-state index contributed by atoms with van der Waals surface area (Å²) in [5, 5.41) is 17.6. The minimum atomic E-state index is -1.08. The highest BCUT2D eigenvalue weighted by atomic mass is 16.5. The van der Waals surface area contributed by atoms with Crippen LogP contribution in [0.1, 0.15) is 19.8 Å². The van der Waals surface area contributed by atoms with Gasteiger partial charge < -0.3 is 14.9 Å². The first kappa shape index (κ1) is 11.9. The number of ether oxygens (including phenoxy) is 1. The largest absolute Gasteiger partial charge is 0.481 e. The second-order valence-corrected chi connectivity index (χ2v) is 2.92. The Morgan fingerprint density at radius 2 is 1.92 bits per heavy atom. The van der Waals surface area contributed by atoms with Crippen molar-refractivity contribution in [2.45, 2.75) is 25.9 Å². The van der Waals surface area contributed by atoms with E-state index in [1.807, 2.05) is 0 Å². The zero-order valence-corrected chi connectivity index (χ0v) is 7.69. The molecule has 0 radical (unpaired) electrons. The monoisotopic (exact) mass is 190 g/mol. The minimum Gasteiger partial charge on any atom is -0.481 e. The zero-order chi connectivity index (χ0) is 10.4. The molecule has 5 heteroatoms. The SMILES string of the molecule is COC(=O)C[C@H](C)[C@@H](O)CC(=O)O. The van der Waals surface area contributed by atoms with Crippen molar-refractivity contribution >= 4 is 11.9 Å². The van der Waals surface area contributed by atoms with E-state index in [4.69, 9.17) is 5.11 Å². The summed E-state index contributed by atoms with van der Waals surface area (Å²) in [6.07, 6.45) is -1.32. The maximum atomic E-state index is 10.7. The molecule has 0 aromatic rings. The maximum Gasteiger partial charge on any atom is 0.305 e. The summed E-state index contributed by atoms with van der Waals surface area (Å²) in [5.74, 6) is -1.93. The normalized spacial score (nSPS) is 14.7. The number of carbonyl (C=O) groups excluding carboxylic acids is 1. The van der Waals surface area contributed by atoms with E-state index in [1.165, 1.54) is 7.11 Å². The Morgan fingerprint density at radius 3 is 2.31 bits per heavy atom. The Hall–Kier alpha value is -1.10. The van der Waals surface area contributed by atoms with Crippen LogP contribution in [0, 0.1) is 5.92 Å². The molecule has 0 bridgehead atoms. The van der Waals surface area contributed by atoms with Gasteiger partial charge in [0.2, 0.25) is 0 Å². The van der Waals surface area contributed by atoms with Gasteiger partial charge in [0.15, 0.2) is 0 Å². The molecule has 0 aliphatic heterocycles. The summed E-state index contributed by atoms with van der Waals surface area (Å²) >= 11 is 0. The van der Waals surface area contributed by atoms with Crippen molar-refractivity contribution in [2.75, 3.05) is 7.11 Å². The lowest BCUT2D eigenvalue weighted by molar-refractivity contribution is -0.145. The first-order chi connectivity index (χ1) is 5.97. The van der Waals surface area contributed by atoms with Crippen LogP contribution in [0.5, 0.6) is 0 Å². The van der Waals surface area contributed by atoms with Gasteiger partial charge in [-0.3, -0.25) is 9.59 Å². The minimum absolute atomic E-state index is 0.0327. The summed E-state index contributed by atoms with van der Waals surface area (Å²) in [6, 6.07) is 0. The first-order valence-corrected chi connectivity index (χ1v) is 3.94. The molecule has 5 nitrogen and oxygen atoms in total. The Labute approximate surface area is 76.3 Å². The number of aliphatic hydroxyl groups is 1. The van der Waals surface area contributed by atoms with Crippen LogP contribution in [-0.4, -0.2) is 35.4 Å². The second-order valence-electron chi connectivity index (χ2n) is 2.92. The Bertz CT molecular complexity index is 189. The third kappa shape index (κ3) is 5.19. The Morgan fingerprint density at radius 1 is 1.38 bits per heavy atom. The Balaban J connectivity index is 3.88. The quantitative estimate of drug-likeness (QED) is 0.597. The van der Waals surface area contributed by atoms with E-state index in [-0.39, 0.29) is 12.8 Å². The van der Waals surface area contributed by atoms with E-state index in [0.29, 0.717) is 0 Å². The Kier molecular flexibility index (Phi) is 5.06. The van der Waals surface area contributed by atoms with E-state index >= 15 is 0 Å². The third-order valence-corrected chi connectivity index (χ3v) is 1.76. The van der Waals surface area contributed by atoms with Crippen LogP contribution in [-0.2, 0) is 14.3 Å². The van der Waals surface area contributed by atoms with Gasteiger partial charge in [-0.25, -0.2) is 0 Å². The smallest absolute Gasteiger partial charge is 0.305 e. The van der Waals surface area contributed by atoms with Crippen molar-refractivity contribution < 1.29 is 24.5 Å². The molecule has 0 fully saturated rings. The predicted octanol–water partition coefficient (Wildman–Crippen LogP) is 0.0212. The van der Waals surface area contributed by atoms with Gasteiger partial charge in [0, 0.05) is 0 Å². The lowest BCUT2D eigenvalue weighted by atomic mass is 9.98. The molecule has 0 saturated heterocycles. The molecule has 0 heterocycles. The number of methoxy groups -OCH3 is 1. The van der Waals surface area contributed by atoms with Gasteiger partial charge in [-0.15, -0.1) is 0 Å².